The number of hydrogen-bond acceptors (Lipinski definition) is 1. The molecule has 20 heavy (non-hydrogen) atoms. The molecule has 0 aromatic carbocycles. The standard InChI is InChI=1S/C18H31NO/c1-11(2)14-10-9-12(3)15-16(14)17(15)18(20)19-13-7-5-4-6-8-13/h11-17H,4-10H2,1-3H3,(H,19,20)/t12?,14-,15-,16+,17+/m0/s1. The van der Waals surface area contributed by atoms with E-state index in [2.05, 4.69) is 26.1 Å². The van der Waals surface area contributed by atoms with E-state index < -0.39 is 0 Å². The van der Waals surface area contributed by atoms with Crippen molar-refractivity contribution in [2.24, 2.45) is 35.5 Å². The number of rotatable bonds is 3. The number of nitrogens with one attached hydrogen (secondary N) is 1. The molecular formula is C18H31NO. The molecule has 3 aliphatic carbocycles. The predicted molar refractivity (Wildman–Crippen MR) is 82.2 cm³/mol. The van der Waals surface area contributed by atoms with Crippen LogP contribution in [0.15, 0.2) is 0 Å². The number of hydrogen-bond donors (Lipinski definition) is 1. The monoisotopic (exact) mass is 277 g/mol. The molecule has 1 unspecified atom stereocenters. The summed E-state index contributed by atoms with van der Waals surface area (Å²) >= 11 is 0. The fraction of sp³-hybridized carbons (Fsp3) is 0.944. The van der Waals surface area contributed by atoms with E-state index in [0.717, 1.165) is 17.8 Å². The molecule has 3 aliphatic rings. The molecule has 0 bridgehead atoms. The van der Waals surface area contributed by atoms with E-state index in [1.165, 1.54) is 44.9 Å². The molecule has 1 amide bonds. The molecule has 3 rings (SSSR count). The summed E-state index contributed by atoms with van der Waals surface area (Å²) in [6.07, 6.45) is 9.03. The first kappa shape index (κ1) is 14.4. The Balaban J connectivity index is 1.60. The van der Waals surface area contributed by atoms with E-state index in [4.69, 9.17) is 0 Å². The van der Waals surface area contributed by atoms with Crippen LogP contribution in [0.3, 0.4) is 0 Å². The van der Waals surface area contributed by atoms with Crippen LogP contribution in [0.1, 0.15) is 65.7 Å². The van der Waals surface area contributed by atoms with Gasteiger partial charge in [-0.15, -0.1) is 0 Å². The third-order valence-corrected chi connectivity index (χ3v) is 6.35. The van der Waals surface area contributed by atoms with Gasteiger partial charge in [-0.2, -0.15) is 0 Å². The van der Waals surface area contributed by atoms with E-state index in [0.29, 0.717) is 29.7 Å². The van der Waals surface area contributed by atoms with Crippen LogP contribution in [-0.2, 0) is 4.79 Å². The second-order valence-electron chi connectivity index (χ2n) is 7.99. The zero-order valence-corrected chi connectivity index (χ0v) is 13.4. The van der Waals surface area contributed by atoms with Crippen molar-refractivity contribution in [2.45, 2.75) is 71.8 Å². The van der Waals surface area contributed by atoms with E-state index in [9.17, 15) is 4.79 Å². The summed E-state index contributed by atoms with van der Waals surface area (Å²) < 4.78 is 0. The lowest BCUT2D eigenvalue weighted by Crippen LogP contribution is -2.38. The van der Waals surface area contributed by atoms with Crippen LogP contribution in [0.2, 0.25) is 0 Å². The second-order valence-corrected chi connectivity index (χ2v) is 7.99. The number of carbonyl (C=O) groups excluding carboxylic acids is 1. The molecule has 1 N–H and O–H groups in total. The van der Waals surface area contributed by atoms with Gasteiger partial charge in [0.15, 0.2) is 0 Å². The minimum Gasteiger partial charge on any atom is -0.353 e. The van der Waals surface area contributed by atoms with Crippen molar-refractivity contribution in [3.05, 3.63) is 0 Å². The molecule has 0 aromatic rings. The van der Waals surface area contributed by atoms with Crippen LogP contribution in [0.5, 0.6) is 0 Å². The Labute approximate surface area is 124 Å². The van der Waals surface area contributed by atoms with Gasteiger partial charge >= 0.3 is 0 Å². The van der Waals surface area contributed by atoms with Crippen molar-refractivity contribution >= 4 is 5.91 Å². The number of carbonyl (C=O) groups is 1. The van der Waals surface area contributed by atoms with Gasteiger partial charge in [-0.05, 0) is 48.9 Å². The third kappa shape index (κ3) is 2.63. The average Bonchev–Trinajstić information content (AvgIpc) is 3.16. The molecule has 114 valence electrons. The smallest absolute Gasteiger partial charge is 0.223 e. The molecule has 0 saturated heterocycles. The molecule has 0 aliphatic heterocycles. The normalized spacial score (nSPS) is 41.3. The summed E-state index contributed by atoms with van der Waals surface area (Å²) in [7, 11) is 0. The van der Waals surface area contributed by atoms with Gasteiger partial charge in [0.25, 0.3) is 0 Å². The Morgan fingerprint density at radius 1 is 1.00 bits per heavy atom. The lowest BCUT2D eigenvalue weighted by atomic mass is 9.77. The van der Waals surface area contributed by atoms with Crippen molar-refractivity contribution in [2.75, 3.05) is 0 Å². The first-order valence-corrected chi connectivity index (χ1v) is 8.90. The first-order valence-electron chi connectivity index (χ1n) is 8.90. The summed E-state index contributed by atoms with van der Waals surface area (Å²) in [5.41, 5.74) is 0. The van der Waals surface area contributed by atoms with Gasteiger partial charge in [0.1, 0.15) is 0 Å². The van der Waals surface area contributed by atoms with E-state index in [1.54, 1.807) is 0 Å². The van der Waals surface area contributed by atoms with Gasteiger partial charge in [-0.25, -0.2) is 0 Å². The molecule has 2 heteroatoms. The highest BCUT2D eigenvalue weighted by Crippen LogP contribution is 2.62. The van der Waals surface area contributed by atoms with Gasteiger partial charge in [0, 0.05) is 12.0 Å². The SMILES string of the molecule is CC1CC[C@@H](C(C)C)[C@H]2[C@H](C(=O)NC3CCCCC3)[C@@H]12. The quantitative estimate of drug-likeness (QED) is 0.830. The highest BCUT2D eigenvalue weighted by atomic mass is 16.2. The van der Waals surface area contributed by atoms with Crippen LogP contribution < -0.4 is 5.32 Å². The van der Waals surface area contributed by atoms with Gasteiger partial charge in [0.05, 0.1) is 0 Å². The van der Waals surface area contributed by atoms with Crippen molar-refractivity contribution in [1.82, 2.24) is 5.32 Å². The van der Waals surface area contributed by atoms with Crippen molar-refractivity contribution in [3.63, 3.8) is 0 Å². The van der Waals surface area contributed by atoms with Gasteiger partial charge in [-0.3, -0.25) is 4.79 Å². The van der Waals surface area contributed by atoms with Gasteiger partial charge in [-0.1, -0.05) is 46.5 Å². The van der Waals surface area contributed by atoms with Crippen LogP contribution in [0.4, 0.5) is 0 Å². The minimum atomic E-state index is 0.349. The fourth-order valence-corrected chi connectivity index (χ4v) is 5.16. The van der Waals surface area contributed by atoms with Crippen LogP contribution >= 0.6 is 0 Å². The maximum Gasteiger partial charge on any atom is 0.223 e. The van der Waals surface area contributed by atoms with Crippen molar-refractivity contribution in [3.8, 4) is 0 Å². The Hall–Kier alpha value is -0.530. The first-order chi connectivity index (χ1) is 9.59. The predicted octanol–water partition coefficient (Wildman–Crippen LogP) is 4.00. The molecule has 0 heterocycles. The summed E-state index contributed by atoms with van der Waals surface area (Å²) in [4.78, 5) is 12.6. The van der Waals surface area contributed by atoms with Crippen molar-refractivity contribution in [1.29, 1.82) is 0 Å². The molecule has 5 atom stereocenters. The lowest BCUT2D eigenvalue weighted by molar-refractivity contribution is -0.124. The van der Waals surface area contributed by atoms with E-state index in [1.807, 2.05) is 0 Å². The molecular weight excluding hydrogens is 246 g/mol. The Morgan fingerprint density at radius 2 is 1.70 bits per heavy atom. The van der Waals surface area contributed by atoms with Gasteiger partial charge in [0.2, 0.25) is 5.91 Å². The van der Waals surface area contributed by atoms with E-state index >= 15 is 0 Å². The highest BCUT2D eigenvalue weighted by Gasteiger charge is 2.61. The highest BCUT2D eigenvalue weighted by molar-refractivity contribution is 5.82. The topological polar surface area (TPSA) is 29.1 Å². The van der Waals surface area contributed by atoms with Gasteiger partial charge < -0.3 is 5.32 Å². The Kier molecular flexibility index (Phi) is 4.10. The zero-order chi connectivity index (χ0) is 14.3. The lowest BCUT2D eigenvalue weighted by Gasteiger charge is -2.28. The molecule has 0 radical (unpaired) electrons. The maximum absolute atomic E-state index is 12.6. The molecule has 0 aromatic heterocycles. The summed E-state index contributed by atoms with van der Waals surface area (Å²) in [6, 6.07) is 0.478. The average molecular weight is 277 g/mol. The van der Waals surface area contributed by atoms with Crippen LogP contribution in [0.25, 0.3) is 0 Å². The van der Waals surface area contributed by atoms with Crippen LogP contribution in [-0.4, -0.2) is 11.9 Å². The van der Waals surface area contributed by atoms with E-state index in [-0.39, 0.29) is 0 Å². The molecule has 2 nitrogen and oxygen atoms in total. The summed E-state index contributed by atoms with van der Waals surface area (Å²) in [6.45, 7) is 7.04. The molecule has 3 saturated carbocycles. The fourth-order valence-electron chi connectivity index (χ4n) is 5.16. The summed E-state index contributed by atoms with van der Waals surface area (Å²) in [5.74, 6) is 4.42. The maximum atomic E-state index is 12.6. The third-order valence-electron chi connectivity index (χ3n) is 6.35. The zero-order valence-electron chi connectivity index (χ0n) is 13.4. The van der Waals surface area contributed by atoms with Crippen LogP contribution in [0, 0.1) is 35.5 Å². The second kappa shape index (κ2) is 5.69. The Morgan fingerprint density at radius 3 is 2.35 bits per heavy atom. The number of amides is 1. The molecule has 3 fully saturated rings. The Bertz CT molecular complexity index is 358. The summed E-state index contributed by atoms with van der Waals surface area (Å²) in [5, 5.41) is 3.38. The largest absolute Gasteiger partial charge is 0.353 e. The number of fused-ring (bicyclic) bond motifs is 1. The minimum absolute atomic E-state index is 0.349. The van der Waals surface area contributed by atoms with Crippen molar-refractivity contribution < 1.29 is 4.79 Å². The molecule has 0 spiro atoms.